The molecule has 24 heavy (non-hydrogen) atoms. The molecule has 2 aromatic rings. The van der Waals surface area contributed by atoms with Gasteiger partial charge in [-0.15, -0.1) is 0 Å². The number of benzene rings is 2. The van der Waals surface area contributed by atoms with Gasteiger partial charge in [0.2, 0.25) is 0 Å². The number of guanidine groups is 1. The number of methoxy groups -OCH3 is 1. The largest absolute Gasteiger partial charge is 0.497 e. The van der Waals surface area contributed by atoms with Crippen LogP contribution in [0.2, 0.25) is 0 Å². The van der Waals surface area contributed by atoms with Crippen molar-refractivity contribution in [3.8, 4) is 5.75 Å². The minimum Gasteiger partial charge on any atom is -0.497 e. The fourth-order valence-corrected chi connectivity index (χ4v) is 2.96. The third-order valence-corrected chi connectivity index (χ3v) is 4.27. The predicted molar refractivity (Wildman–Crippen MR) is 99.9 cm³/mol. The van der Waals surface area contributed by atoms with Crippen LogP contribution in [0.5, 0.6) is 5.75 Å². The summed E-state index contributed by atoms with van der Waals surface area (Å²) in [7, 11) is 1.70. The van der Waals surface area contributed by atoms with Crippen molar-refractivity contribution in [1.82, 2.24) is 0 Å². The number of nitrogens with two attached hydrogens (primary N) is 1. The van der Waals surface area contributed by atoms with Crippen LogP contribution in [0.4, 0.5) is 11.4 Å². The summed E-state index contributed by atoms with van der Waals surface area (Å²) in [6, 6.07) is 18.1. The molecule has 1 saturated heterocycles. The number of para-hydroxylation sites is 1. The number of hydrogen-bond acceptors (Lipinski definition) is 3. The Labute approximate surface area is 143 Å². The summed E-state index contributed by atoms with van der Waals surface area (Å²) in [6.07, 6.45) is 1.12. The first-order valence-electron chi connectivity index (χ1n) is 8.25. The van der Waals surface area contributed by atoms with Crippen molar-refractivity contribution in [2.75, 3.05) is 37.0 Å². The minimum atomic E-state index is 0.473. The van der Waals surface area contributed by atoms with Gasteiger partial charge in [0.25, 0.3) is 0 Å². The molecule has 3 N–H and O–H groups in total. The Balaban J connectivity index is 1.53. The molecule has 1 atom stereocenters. The van der Waals surface area contributed by atoms with E-state index in [0.717, 1.165) is 37.5 Å². The number of aliphatic imine (C=N–C) groups is 1. The second-order valence-electron chi connectivity index (χ2n) is 6.02. The van der Waals surface area contributed by atoms with Gasteiger partial charge < -0.3 is 20.7 Å². The third-order valence-electron chi connectivity index (χ3n) is 4.27. The summed E-state index contributed by atoms with van der Waals surface area (Å²) in [4.78, 5) is 6.87. The summed E-state index contributed by atoms with van der Waals surface area (Å²) < 4.78 is 5.30. The van der Waals surface area contributed by atoms with Crippen LogP contribution in [0.25, 0.3) is 0 Å². The highest BCUT2D eigenvalue weighted by Gasteiger charge is 2.22. The second-order valence-corrected chi connectivity index (χ2v) is 6.02. The zero-order valence-corrected chi connectivity index (χ0v) is 14.0. The number of nitrogens with zero attached hydrogens (tertiary/aromatic N) is 2. The molecule has 0 radical (unpaired) electrons. The van der Waals surface area contributed by atoms with Gasteiger partial charge in [0.15, 0.2) is 5.96 Å². The number of rotatable bonds is 5. The van der Waals surface area contributed by atoms with E-state index in [-0.39, 0.29) is 0 Å². The normalized spacial score (nSPS) is 17.8. The van der Waals surface area contributed by atoms with Crippen LogP contribution in [0.15, 0.2) is 59.6 Å². The lowest BCUT2D eigenvalue weighted by atomic mass is 10.1. The van der Waals surface area contributed by atoms with Crippen molar-refractivity contribution in [3.63, 3.8) is 0 Å². The molecule has 1 fully saturated rings. The summed E-state index contributed by atoms with van der Waals surface area (Å²) >= 11 is 0. The summed E-state index contributed by atoms with van der Waals surface area (Å²) in [5, 5.41) is 3.12. The maximum absolute atomic E-state index is 5.98. The Morgan fingerprint density at radius 1 is 1.25 bits per heavy atom. The van der Waals surface area contributed by atoms with Crippen LogP contribution in [-0.4, -0.2) is 32.7 Å². The summed E-state index contributed by atoms with van der Waals surface area (Å²) in [6.45, 7) is 2.78. The SMILES string of the molecule is COc1cccc(N2CCC(CN=C(N)Nc3ccccc3)C2)c1. The van der Waals surface area contributed by atoms with E-state index in [1.54, 1.807) is 7.11 Å². The smallest absolute Gasteiger partial charge is 0.193 e. The van der Waals surface area contributed by atoms with Gasteiger partial charge in [0.1, 0.15) is 5.75 Å². The van der Waals surface area contributed by atoms with Crippen LogP contribution in [0.3, 0.4) is 0 Å². The highest BCUT2D eigenvalue weighted by molar-refractivity contribution is 5.92. The second kappa shape index (κ2) is 7.73. The molecule has 5 heteroatoms. The van der Waals surface area contributed by atoms with Crippen molar-refractivity contribution in [3.05, 3.63) is 54.6 Å². The lowest BCUT2D eigenvalue weighted by Gasteiger charge is -2.19. The molecule has 5 nitrogen and oxygen atoms in total. The van der Waals surface area contributed by atoms with Crippen molar-refractivity contribution in [1.29, 1.82) is 0 Å². The van der Waals surface area contributed by atoms with Crippen molar-refractivity contribution in [2.24, 2.45) is 16.6 Å². The third kappa shape index (κ3) is 4.19. The molecule has 0 spiro atoms. The number of anilines is 2. The minimum absolute atomic E-state index is 0.473. The summed E-state index contributed by atoms with van der Waals surface area (Å²) in [5.41, 5.74) is 8.14. The van der Waals surface area contributed by atoms with Gasteiger partial charge in [-0.25, -0.2) is 0 Å². The van der Waals surface area contributed by atoms with E-state index in [1.807, 2.05) is 42.5 Å². The monoisotopic (exact) mass is 324 g/mol. The number of hydrogen-bond donors (Lipinski definition) is 2. The molecule has 0 aliphatic carbocycles. The molecule has 1 aliphatic heterocycles. The molecule has 3 rings (SSSR count). The Morgan fingerprint density at radius 2 is 2.08 bits per heavy atom. The molecule has 1 aliphatic rings. The molecule has 1 heterocycles. The maximum atomic E-state index is 5.98. The zero-order valence-electron chi connectivity index (χ0n) is 14.0. The van der Waals surface area contributed by atoms with Gasteiger partial charge in [-0.1, -0.05) is 24.3 Å². The zero-order chi connectivity index (χ0) is 16.8. The molecule has 126 valence electrons. The number of ether oxygens (including phenoxy) is 1. The van der Waals surface area contributed by atoms with Crippen LogP contribution in [0.1, 0.15) is 6.42 Å². The van der Waals surface area contributed by atoms with Crippen LogP contribution >= 0.6 is 0 Å². The van der Waals surface area contributed by atoms with E-state index in [2.05, 4.69) is 27.3 Å². The topological polar surface area (TPSA) is 62.9 Å². The average molecular weight is 324 g/mol. The van der Waals surface area contributed by atoms with Crippen LogP contribution in [-0.2, 0) is 0 Å². The number of nitrogens with one attached hydrogen (secondary N) is 1. The lowest BCUT2D eigenvalue weighted by Crippen LogP contribution is -2.25. The first-order valence-corrected chi connectivity index (χ1v) is 8.25. The van der Waals surface area contributed by atoms with Gasteiger partial charge in [-0.05, 0) is 36.6 Å². The van der Waals surface area contributed by atoms with Crippen molar-refractivity contribution < 1.29 is 4.74 Å². The highest BCUT2D eigenvalue weighted by atomic mass is 16.5. The summed E-state index contributed by atoms with van der Waals surface area (Å²) in [5.74, 6) is 1.89. The van der Waals surface area contributed by atoms with Crippen molar-refractivity contribution >= 4 is 17.3 Å². The first kappa shape index (κ1) is 16.2. The Kier molecular flexibility index (Phi) is 5.21. The van der Waals surface area contributed by atoms with E-state index in [9.17, 15) is 0 Å². The van der Waals surface area contributed by atoms with E-state index in [4.69, 9.17) is 10.5 Å². The fourth-order valence-electron chi connectivity index (χ4n) is 2.96. The van der Waals surface area contributed by atoms with E-state index in [1.165, 1.54) is 5.69 Å². The van der Waals surface area contributed by atoms with E-state index >= 15 is 0 Å². The molecule has 2 aromatic carbocycles. The Morgan fingerprint density at radius 3 is 2.88 bits per heavy atom. The standard InChI is InChI=1S/C19H24N4O/c1-24-18-9-5-8-17(12-18)23-11-10-15(14-23)13-21-19(20)22-16-6-3-2-4-7-16/h2-9,12,15H,10-11,13-14H2,1H3,(H3,20,21,22). The molecule has 0 aromatic heterocycles. The maximum Gasteiger partial charge on any atom is 0.193 e. The first-order chi connectivity index (χ1) is 11.7. The van der Waals surface area contributed by atoms with E-state index in [0.29, 0.717) is 11.9 Å². The average Bonchev–Trinajstić information content (AvgIpc) is 3.10. The molecule has 0 amide bonds. The molecular weight excluding hydrogens is 300 g/mol. The van der Waals surface area contributed by atoms with Crippen molar-refractivity contribution in [2.45, 2.75) is 6.42 Å². The highest BCUT2D eigenvalue weighted by Crippen LogP contribution is 2.26. The molecule has 0 bridgehead atoms. The predicted octanol–water partition coefficient (Wildman–Crippen LogP) is 2.95. The van der Waals surface area contributed by atoms with Crippen LogP contribution in [0, 0.1) is 5.92 Å². The Bertz CT molecular complexity index is 687. The van der Waals surface area contributed by atoms with Crippen LogP contribution < -0.4 is 20.7 Å². The van der Waals surface area contributed by atoms with E-state index < -0.39 is 0 Å². The van der Waals surface area contributed by atoms with Gasteiger partial charge in [0.05, 0.1) is 7.11 Å². The fraction of sp³-hybridized carbons (Fsp3) is 0.316. The molecule has 0 saturated carbocycles. The van der Waals surface area contributed by atoms with Gasteiger partial charge >= 0.3 is 0 Å². The molecule has 1 unspecified atom stereocenters. The quantitative estimate of drug-likeness (QED) is 0.656. The van der Waals surface area contributed by atoms with Gasteiger partial charge in [-0.3, -0.25) is 4.99 Å². The Hall–Kier alpha value is -2.69. The lowest BCUT2D eigenvalue weighted by molar-refractivity contribution is 0.415. The van der Waals surface area contributed by atoms with Gasteiger partial charge in [-0.2, -0.15) is 0 Å². The van der Waals surface area contributed by atoms with Gasteiger partial charge in [0, 0.05) is 37.1 Å². The molecular formula is C19H24N4O.